The van der Waals surface area contributed by atoms with Gasteiger partial charge in [0, 0.05) is 32.7 Å². The molecule has 6 heteroatoms. The van der Waals surface area contributed by atoms with Crippen molar-refractivity contribution in [3.8, 4) is 0 Å². The molecule has 0 aromatic carbocycles. The van der Waals surface area contributed by atoms with Crippen molar-refractivity contribution in [3.63, 3.8) is 0 Å². The number of rotatable bonds is 2. The van der Waals surface area contributed by atoms with E-state index in [2.05, 4.69) is 16.9 Å². The lowest BCUT2D eigenvalue weighted by Crippen LogP contribution is -2.43. The maximum Gasteiger partial charge on any atom is 0.269 e. The van der Waals surface area contributed by atoms with Gasteiger partial charge in [-0.25, -0.2) is 0 Å². The first-order valence-electron chi connectivity index (χ1n) is 7.73. The Morgan fingerprint density at radius 1 is 1.29 bits per heavy atom. The Morgan fingerprint density at radius 3 is 2.62 bits per heavy atom. The van der Waals surface area contributed by atoms with Gasteiger partial charge in [-0.2, -0.15) is 0 Å². The minimum atomic E-state index is -0.113. The SMILES string of the molecule is CC.CN1CCCN=C(/C=C(\N)C(=O)N2CCOCC2)C1. The highest BCUT2D eigenvalue weighted by Gasteiger charge is 2.19. The standard InChI is InChI=1S/C13H22N4O2.C2H6/c1-16-4-2-3-15-11(10-16)9-12(14)13(18)17-5-7-19-8-6-17;1-2/h9H,2-8,10,14H2,1H3;1-2H3/b12-9-;. The van der Waals surface area contributed by atoms with E-state index in [-0.39, 0.29) is 11.6 Å². The van der Waals surface area contributed by atoms with Crippen molar-refractivity contribution in [2.24, 2.45) is 10.7 Å². The van der Waals surface area contributed by atoms with Crippen LogP contribution in [0, 0.1) is 0 Å². The van der Waals surface area contributed by atoms with Crippen LogP contribution in [-0.2, 0) is 9.53 Å². The number of ether oxygens (including phenoxy) is 1. The first-order valence-corrected chi connectivity index (χ1v) is 7.73. The maximum absolute atomic E-state index is 12.1. The van der Waals surface area contributed by atoms with Crippen LogP contribution in [0.2, 0.25) is 0 Å². The Kier molecular flexibility index (Phi) is 8.00. The second-order valence-electron chi connectivity index (χ2n) is 4.97. The Labute approximate surface area is 127 Å². The van der Waals surface area contributed by atoms with Crippen molar-refractivity contribution in [1.29, 1.82) is 0 Å². The van der Waals surface area contributed by atoms with Gasteiger partial charge in [0.1, 0.15) is 0 Å². The van der Waals surface area contributed by atoms with Crippen LogP contribution in [0.3, 0.4) is 0 Å². The van der Waals surface area contributed by atoms with Gasteiger partial charge < -0.3 is 20.3 Å². The summed E-state index contributed by atoms with van der Waals surface area (Å²) in [4.78, 5) is 20.5. The van der Waals surface area contributed by atoms with Crippen LogP contribution in [0.25, 0.3) is 0 Å². The highest BCUT2D eigenvalue weighted by Crippen LogP contribution is 2.04. The van der Waals surface area contributed by atoms with Crippen LogP contribution in [0.4, 0.5) is 0 Å². The number of hydrogen-bond donors (Lipinski definition) is 1. The summed E-state index contributed by atoms with van der Waals surface area (Å²) in [6.45, 7) is 8.97. The third kappa shape index (κ3) is 5.85. The van der Waals surface area contributed by atoms with Crippen LogP contribution in [0.15, 0.2) is 16.8 Å². The van der Waals surface area contributed by atoms with Gasteiger partial charge in [0.15, 0.2) is 0 Å². The molecule has 0 aromatic rings. The first kappa shape index (κ1) is 17.7. The van der Waals surface area contributed by atoms with Gasteiger partial charge in [-0.15, -0.1) is 0 Å². The maximum atomic E-state index is 12.1. The number of carbonyl (C=O) groups excluding carboxylic acids is 1. The summed E-state index contributed by atoms with van der Waals surface area (Å²) in [6.07, 6.45) is 2.77. The van der Waals surface area contributed by atoms with Crippen LogP contribution < -0.4 is 5.73 Å². The molecule has 0 bridgehead atoms. The molecule has 2 heterocycles. The summed E-state index contributed by atoms with van der Waals surface area (Å²) in [6, 6.07) is 0. The molecule has 0 aromatic heterocycles. The Morgan fingerprint density at radius 2 is 1.95 bits per heavy atom. The zero-order chi connectivity index (χ0) is 15.7. The highest BCUT2D eigenvalue weighted by atomic mass is 16.5. The number of morpholine rings is 1. The van der Waals surface area contributed by atoms with Crippen LogP contribution in [-0.4, -0.2) is 74.4 Å². The van der Waals surface area contributed by atoms with E-state index in [1.165, 1.54) is 0 Å². The molecule has 1 saturated heterocycles. The van der Waals surface area contributed by atoms with Crippen LogP contribution in [0.1, 0.15) is 20.3 Å². The Hall–Kier alpha value is -1.40. The molecule has 0 unspecified atom stereocenters. The Bertz CT molecular complexity index is 387. The summed E-state index contributed by atoms with van der Waals surface area (Å²) in [5, 5.41) is 0. The summed E-state index contributed by atoms with van der Waals surface area (Å²) in [7, 11) is 2.05. The fraction of sp³-hybridized carbons (Fsp3) is 0.733. The zero-order valence-electron chi connectivity index (χ0n) is 13.5. The summed E-state index contributed by atoms with van der Waals surface area (Å²) in [5.74, 6) is -0.113. The smallest absolute Gasteiger partial charge is 0.269 e. The molecule has 0 radical (unpaired) electrons. The van der Waals surface area contributed by atoms with Gasteiger partial charge in [-0.1, -0.05) is 13.8 Å². The topological polar surface area (TPSA) is 71.2 Å². The van der Waals surface area contributed by atoms with E-state index < -0.39 is 0 Å². The average molecular weight is 296 g/mol. The molecule has 2 N–H and O–H groups in total. The molecule has 1 amide bonds. The predicted molar refractivity (Wildman–Crippen MR) is 85.4 cm³/mol. The second-order valence-corrected chi connectivity index (χ2v) is 4.97. The van der Waals surface area contributed by atoms with Crippen molar-refractivity contribution in [2.45, 2.75) is 20.3 Å². The molecule has 0 spiro atoms. The fourth-order valence-corrected chi connectivity index (χ4v) is 2.25. The Balaban J connectivity index is 0.00000106. The highest BCUT2D eigenvalue weighted by molar-refractivity contribution is 6.04. The van der Waals surface area contributed by atoms with Crippen LogP contribution in [0.5, 0.6) is 0 Å². The summed E-state index contributed by atoms with van der Waals surface area (Å²) in [5.41, 5.74) is 7.07. The molecule has 120 valence electrons. The molecule has 6 nitrogen and oxygen atoms in total. The third-order valence-corrected chi connectivity index (χ3v) is 3.31. The summed E-state index contributed by atoms with van der Waals surface area (Å²) >= 11 is 0. The molecule has 2 aliphatic heterocycles. The normalized spacial score (nSPS) is 21.0. The van der Waals surface area contributed by atoms with Crippen molar-refractivity contribution in [2.75, 3.05) is 53.0 Å². The molecule has 0 aliphatic carbocycles. The second kappa shape index (κ2) is 9.52. The van der Waals surface area contributed by atoms with Crippen molar-refractivity contribution >= 4 is 11.6 Å². The van der Waals surface area contributed by atoms with E-state index in [0.717, 1.165) is 31.8 Å². The average Bonchev–Trinajstić information content (AvgIpc) is 2.73. The molecule has 1 fully saturated rings. The number of nitrogens with two attached hydrogens (primary N) is 1. The zero-order valence-corrected chi connectivity index (χ0v) is 13.5. The molecule has 2 rings (SSSR count). The fourth-order valence-electron chi connectivity index (χ4n) is 2.25. The van der Waals surface area contributed by atoms with E-state index in [9.17, 15) is 4.79 Å². The molecule has 0 atom stereocenters. The van der Waals surface area contributed by atoms with Gasteiger partial charge in [-0.05, 0) is 19.5 Å². The number of amides is 1. The van der Waals surface area contributed by atoms with Crippen molar-refractivity contribution < 1.29 is 9.53 Å². The molecule has 21 heavy (non-hydrogen) atoms. The van der Waals surface area contributed by atoms with Gasteiger partial charge >= 0.3 is 0 Å². The minimum Gasteiger partial charge on any atom is -0.394 e. The largest absolute Gasteiger partial charge is 0.394 e. The third-order valence-electron chi connectivity index (χ3n) is 3.31. The first-order chi connectivity index (χ1) is 10.2. The number of hydrogen-bond acceptors (Lipinski definition) is 5. The number of carbonyl (C=O) groups is 1. The van der Waals surface area contributed by atoms with Gasteiger partial charge in [0.25, 0.3) is 5.91 Å². The minimum absolute atomic E-state index is 0.113. The monoisotopic (exact) mass is 296 g/mol. The quantitative estimate of drug-likeness (QED) is 0.753. The molecular formula is C15H28N4O2. The molecule has 0 saturated carbocycles. The lowest BCUT2D eigenvalue weighted by atomic mass is 10.2. The van der Waals surface area contributed by atoms with E-state index in [4.69, 9.17) is 10.5 Å². The van der Waals surface area contributed by atoms with Crippen molar-refractivity contribution in [1.82, 2.24) is 9.80 Å². The van der Waals surface area contributed by atoms with Gasteiger partial charge in [0.05, 0.1) is 24.6 Å². The van der Waals surface area contributed by atoms with E-state index in [0.29, 0.717) is 26.3 Å². The lowest BCUT2D eigenvalue weighted by molar-refractivity contribution is -0.131. The number of aliphatic imine (C=N–C) groups is 1. The van der Waals surface area contributed by atoms with Gasteiger partial charge in [-0.3, -0.25) is 9.79 Å². The molecule has 2 aliphatic rings. The molecular weight excluding hydrogens is 268 g/mol. The number of nitrogens with zero attached hydrogens (tertiary/aromatic N) is 3. The van der Waals surface area contributed by atoms with E-state index in [1.54, 1.807) is 11.0 Å². The predicted octanol–water partition coefficient (Wildman–Crippen LogP) is 0.491. The van der Waals surface area contributed by atoms with Gasteiger partial charge in [0.2, 0.25) is 0 Å². The van der Waals surface area contributed by atoms with E-state index in [1.807, 2.05) is 13.8 Å². The van der Waals surface area contributed by atoms with Crippen LogP contribution >= 0.6 is 0 Å². The van der Waals surface area contributed by atoms with E-state index >= 15 is 0 Å². The van der Waals surface area contributed by atoms with Crippen molar-refractivity contribution in [3.05, 3.63) is 11.8 Å². The summed E-state index contributed by atoms with van der Waals surface area (Å²) < 4.78 is 5.23. The lowest BCUT2D eigenvalue weighted by Gasteiger charge is -2.26.